The summed E-state index contributed by atoms with van der Waals surface area (Å²) < 4.78 is 0.206. The minimum Gasteiger partial charge on any atom is -0.355 e. The molecule has 0 atom stereocenters. The van der Waals surface area contributed by atoms with Crippen molar-refractivity contribution in [2.75, 3.05) is 19.8 Å². The summed E-state index contributed by atoms with van der Waals surface area (Å²) in [6.45, 7) is 8.11. The molecule has 4 nitrogen and oxygen atoms in total. The minimum atomic E-state index is 0.206. The Morgan fingerprint density at radius 2 is 2.22 bits per heavy atom. The van der Waals surface area contributed by atoms with E-state index in [9.17, 15) is 0 Å². The van der Waals surface area contributed by atoms with Crippen LogP contribution >= 0.6 is 23.1 Å². The van der Waals surface area contributed by atoms with E-state index >= 15 is 0 Å². The highest BCUT2D eigenvalue weighted by molar-refractivity contribution is 7.99. The maximum Gasteiger partial charge on any atom is 0.191 e. The molecule has 1 aromatic heterocycles. The van der Waals surface area contributed by atoms with E-state index in [1.165, 1.54) is 4.88 Å². The van der Waals surface area contributed by atoms with Gasteiger partial charge in [0.05, 0.1) is 17.7 Å². The molecule has 0 amide bonds. The topological polar surface area (TPSA) is 49.3 Å². The van der Waals surface area contributed by atoms with Gasteiger partial charge in [-0.15, -0.1) is 11.3 Å². The fourth-order valence-electron chi connectivity index (χ4n) is 1.25. The van der Waals surface area contributed by atoms with Crippen LogP contribution in [0.25, 0.3) is 0 Å². The van der Waals surface area contributed by atoms with Crippen molar-refractivity contribution in [3.05, 3.63) is 16.1 Å². The standard InChI is InChI=1S/C12H22N4S2/c1-9-10(18-8-16-9)6-14-11(13-4)15-7-12(2,3)17-5/h8H,6-7H2,1-5H3,(H2,13,14,15). The van der Waals surface area contributed by atoms with Gasteiger partial charge in [0, 0.05) is 23.2 Å². The minimum absolute atomic E-state index is 0.206. The average Bonchev–Trinajstić information content (AvgIpc) is 2.75. The second-order valence-electron chi connectivity index (χ2n) is 4.60. The van der Waals surface area contributed by atoms with Crippen LogP contribution in [0.15, 0.2) is 10.5 Å². The van der Waals surface area contributed by atoms with Crippen LogP contribution in [0.3, 0.4) is 0 Å². The predicted molar refractivity (Wildman–Crippen MR) is 82.6 cm³/mol. The van der Waals surface area contributed by atoms with Gasteiger partial charge in [0.1, 0.15) is 0 Å². The van der Waals surface area contributed by atoms with Crippen LogP contribution in [0.1, 0.15) is 24.4 Å². The third-order valence-electron chi connectivity index (χ3n) is 2.72. The maximum absolute atomic E-state index is 4.23. The Hall–Kier alpha value is -0.750. The summed E-state index contributed by atoms with van der Waals surface area (Å²) in [5, 5.41) is 6.65. The van der Waals surface area contributed by atoms with Gasteiger partial charge in [-0.1, -0.05) is 0 Å². The number of rotatable bonds is 5. The summed E-state index contributed by atoms with van der Waals surface area (Å²) >= 11 is 3.51. The van der Waals surface area contributed by atoms with Gasteiger partial charge in [0.2, 0.25) is 0 Å². The van der Waals surface area contributed by atoms with Crippen molar-refractivity contribution in [3.8, 4) is 0 Å². The third kappa shape index (κ3) is 4.86. The fraction of sp³-hybridized carbons (Fsp3) is 0.667. The van der Waals surface area contributed by atoms with Gasteiger partial charge in [-0.25, -0.2) is 4.98 Å². The molecular formula is C12H22N4S2. The van der Waals surface area contributed by atoms with Crippen LogP contribution in [-0.2, 0) is 6.54 Å². The molecular weight excluding hydrogens is 264 g/mol. The highest BCUT2D eigenvalue weighted by Crippen LogP contribution is 2.19. The molecule has 2 N–H and O–H groups in total. The maximum atomic E-state index is 4.23. The molecule has 18 heavy (non-hydrogen) atoms. The van der Waals surface area contributed by atoms with Crippen molar-refractivity contribution in [1.29, 1.82) is 0 Å². The molecule has 102 valence electrons. The highest BCUT2D eigenvalue weighted by atomic mass is 32.2. The first kappa shape index (κ1) is 15.3. The second kappa shape index (κ2) is 6.99. The summed E-state index contributed by atoms with van der Waals surface area (Å²) in [6.07, 6.45) is 2.12. The molecule has 0 aliphatic rings. The van der Waals surface area contributed by atoms with Crippen molar-refractivity contribution in [3.63, 3.8) is 0 Å². The largest absolute Gasteiger partial charge is 0.355 e. The third-order valence-corrected chi connectivity index (χ3v) is 4.90. The molecule has 0 unspecified atom stereocenters. The van der Waals surface area contributed by atoms with Crippen LogP contribution in [-0.4, -0.2) is 35.5 Å². The Morgan fingerprint density at radius 1 is 1.50 bits per heavy atom. The zero-order valence-electron chi connectivity index (χ0n) is 11.7. The van der Waals surface area contributed by atoms with E-state index in [0.29, 0.717) is 0 Å². The monoisotopic (exact) mass is 286 g/mol. The molecule has 1 heterocycles. The quantitative estimate of drug-likeness (QED) is 0.644. The zero-order valence-corrected chi connectivity index (χ0v) is 13.3. The molecule has 0 saturated heterocycles. The number of thioether (sulfide) groups is 1. The summed E-state index contributed by atoms with van der Waals surface area (Å²) in [5.74, 6) is 0.838. The van der Waals surface area contributed by atoms with E-state index in [-0.39, 0.29) is 4.75 Å². The van der Waals surface area contributed by atoms with Crippen LogP contribution in [0.5, 0.6) is 0 Å². The van der Waals surface area contributed by atoms with E-state index in [4.69, 9.17) is 0 Å². The van der Waals surface area contributed by atoms with Gasteiger partial charge < -0.3 is 10.6 Å². The van der Waals surface area contributed by atoms with E-state index in [1.807, 2.05) is 24.2 Å². The van der Waals surface area contributed by atoms with Gasteiger partial charge in [-0.2, -0.15) is 11.8 Å². The van der Waals surface area contributed by atoms with Crippen LogP contribution in [0, 0.1) is 6.92 Å². The lowest BCUT2D eigenvalue weighted by atomic mass is 10.2. The Balaban J connectivity index is 2.42. The van der Waals surface area contributed by atoms with Crippen LogP contribution in [0.2, 0.25) is 0 Å². The Labute approximate surface area is 118 Å². The fourth-order valence-corrected chi connectivity index (χ4v) is 2.18. The van der Waals surface area contributed by atoms with E-state index < -0.39 is 0 Å². The van der Waals surface area contributed by atoms with Crippen molar-refractivity contribution < 1.29 is 0 Å². The summed E-state index contributed by atoms with van der Waals surface area (Å²) in [6, 6.07) is 0. The summed E-state index contributed by atoms with van der Waals surface area (Å²) in [4.78, 5) is 9.71. The molecule has 0 bridgehead atoms. The highest BCUT2D eigenvalue weighted by Gasteiger charge is 2.16. The molecule has 0 aromatic carbocycles. The number of aliphatic imine (C=N–C) groups is 1. The molecule has 1 rings (SSSR count). The SMILES string of the molecule is CN=C(NCc1scnc1C)NCC(C)(C)SC. The van der Waals surface area contributed by atoms with E-state index in [2.05, 4.69) is 40.7 Å². The van der Waals surface area contributed by atoms with Crippen molar-refractivity contribution in [2.24, 2.45) is 4.99 Å². The van der Waals surface area contributed by atoms with Gasteiger partial charge >= 0.3 is 0 Å². The first-order chi connectivity index (χ1) is 8.48. The summed E-state index contributed by atoms with van der Waals surface area (Å²) in [5.41, 5.74) is 2.96. The molecule has 0 radical (unpaired) electrons. The average molecular weight is 286 g/mol. The lowest BCUT2D eigenvalue weighted by Gasteiger charge is -2.23. The smallest absolute Gasteiger partial charge is 0.191 e. The first-order valence-electron chi connectivity index (χ1n) is 5.87. The van der Waals surface area contributed by atoms with Gasteiger partial charge in [0.25, 0.3) is 0 Å². The number of aryl methyl sites for hydroxylation is 1. The number of nitrogens with one attached hydrogen (secondary N) is 2. The van der Waals surface area contributed by atoms with Crippen LogP contribution < -0.4 is 10.6 Å². The molecule has 0 aliphatic heterocycles. The lowest BCUT2D eigenvalue weighted by molar-refractivity contribution is 0.664. The Morgan fingerprint density at radius 3 is 2.72 bits per heavy atom. The number of thiazole rings is 1. The molecule has 0 spiro atoms. The van der Waals surface area contributed by atoms with Crippen molar-refractivity contribution in [1.82, 2.24) is 15.6 Å². The van der Waals surface area contributed by atoms with Gasteiger partial charge in [-0.05, 0) is 27.0 Å². The first-order valence-corrected chi connectivity index (χ1v) is 7.97. The number of aromatic nitrogens is 1. The number of hydrogen-bond donors (Lipinski definition) is 2. The Bertz CT molecular complexity index is 399. The van der Waals surface area contributed by atoms with E-state index in [1.54, 1.807) is 18.4 Å². The van der Waals surface area contributed by atoms with Gasteiger partial charge in [0.15, 0.2) is 5.96 Å². The number of hydrogen-bond acceptors (Lipinski definition) is 4. The lowest BCUT2D eigenvalue weighted by Crippen LogP contribution is -2.42. The van der Waals surface area contributed by atoms with Crippen molar-refractivity contribution >= 4 is 29.1 Å². The molecule has 0 saturated carbocycles. The number of guanidine groups is 1. The predicted octanol–water partition coefficient (Wildman–Crippen LogP) is 2.26. The Kier molecular flexibility index (Phi) is 5.95. The molecule has 0 fully saturated rings. The second-order valence-corrected chi connectivity index (χ2v) is 7.06. The zero-order chi connectivity index (χ0) is 13.6. The molecule has 0 aliphatic carbocycles. The van der Waals surface area contributed by atoms with Crippen molar-refractivity contribution in [2.45, 2.75) is 32.1 Å². The van der Waals surface area contributed by atoms with Crippen LogP contribution in [0.4, 0.5) is 0 Å². The molecule has 1 aromatic rings. The summed E-state index contributed by atoms with van der Waals surface area (Å²) in [7, 11) is 1.79. The number of nitrogens with zero attached hydrogens (tertiary/aromatic N) is 2. The normalized spacial score (nSPS) is 12.6. The van der Waals surface area contributed by atoms with E-state index in [0.717, 1.165) is 24.7 Å². The van der Waals surface area contributed by atoms with Gasteiger partial charge in [-0.3, -0.25) is 4.99 Å². The molecule has 6 heteroatoms.